The van der Waals surface area contributed by atoms with E-state index in [2.05, 4.69) is 55.4 Å². The van der Waals surface area contributed by atoms with Gasteiger partial charge in [-0.3, -0.25) is 0 Å². The molecule has 1 aliphatic heterocycles. The normalized spacial score (nSPS) is 17.4. The molecule has 0 radical (unpaired) electrons. The van der Waals surface area contributed by atoms with Gasteiger partial charge in [-0.1, -0.05) is 30.1 Å². The van der Waals surface area contributed by atoms with Gasteiger partial charge in [0.05, 0.1) is 16.4 Å². The molecule has 4 nitrogen and oxygen atoms in total. The van der Waals surface area contributed by atoms with Crippen molar-refractivity contribution in [3.63, 3.8) is 0 Å². The van der Waals surface area contributed by atoms with Gasteiger partial charge in [0.2, 0.25) is 5.95 Å². The minimum atomic E-state index is 0.101. The lowest BCUT2D eigenvalue weighted by Crippen LogP contribution is -2.36. The summed E-state index contributed by atoms with van der Waals surface area (Å²) in [4.78, 5) is 9.08. The second-order valence-electron chi connectivity index (χ2n) is 8.38. The number of fused-ring (bicyclic) bond motifs is 1. The lowest BCUT2D eigenvalue weighted by molar-refractivity contribution is 0.454. The van der Waals surface area contributed by atoms with Gasteiger partial charge in [-0.05, 0) is 80.6 Å². The smallest absolute Gasteiger partial charge is 0.227 e. The first kappa shape index (κ1) is 20.0. The number of benzene rings is 2. The van der Waals surface area contributed by atoms with Gasteiger partial charge in [0.25, 0.3) is 0 Å². The summed E-state index contributed by atoms with van der Waals surface area (Å²) in [5, 5.41) is 7.97. The van der Waals surface area contributed by atoms with Crippen molar-refractivity contribution in [2.45, 2.75) is 45.6 Å². The van der Waals surface area contributed by atoms with Crippen molar-refractivity contribution in [3.05, 3.63) is 63.8 Å². The Hall–Kier alpha value is -2.30. The van der Waals surface area contributed by atoms with Gasteiger partial charge in [0, 0.05) is 28.0 Å². The third kappa shape index (κ3) is 4.19. The summed E-state index contributed by atoms with van der Waals surface area (Å²) in [7, 11) is 0. The van der Waals surface area contributed by atoms with E-state index in [1.807, 2.05) is 12.1 Å². The zero-order valence-electron chi connectivity index (χ0n) is 17.0. The number of aryl methyl sites for hydroxylation is 1. The van der Waals surface area contributed by atoms with E-state index in [1.165, 1.54) is 16.8 Å². The van der Waals surface area contributed by atoms with E-state index < -0.39 is 0 Å². The molecule has 0 amide bonds. The number of nitrogens with one attached hydrogen (secondary N) is 2. The number of hydrogen-bond acceptors (Lipinski definition) is 4. The second kappa shape index (κ2) is 7.51. The monoisotopic (exact) mass is 426 g/mol. The lowest BCUT2D eigenvalue weighted by Gasteiger charge is -2.38. The molecule has 2 aromatic carbocycles. The third-order valence-corrected chi connectivity index (χ3v) is 5.87. The molecule has 0 saturated heterocycles. The molecule has 0 saturated carbocycles. The number of aromatic nitrogens is 2. The summed E-state index contributed by atoms with van der Waals surface area (Å²) in [6.45, 7) is 8.91. The van der Waals surface area contributed by atoms with Crippen LogP contribution >= 0.6 is 23.2 Å². The van der Waals surface area contributed by atoms with Crippen LogP contribution in [0.4, 0.5) is 17.3 Å². The minimum absolute atomic E-state index is 0.101. The van der Waals surface area contributed by atoms with Crippen LogP contribution < -0.4 is 10.6 Å². The molecule has 150 valence electrons. The largest absolute Gasteiger partial charge is 0.380 e. The van der Waals surface area contributed by atoms with Crippen molar-refractivity contribution in [3.8, 4) is 11.3 Å². The molecule has 2 N–H and O–H groups in total. The van der Waals surface area contributed by atoms with E-state index in [-0.39, 0.29) is 5.54 Å². The standard InChI is InChI=1S/C23H24Cl2N4/c1-13-9-21-17(14(2)12-23(3,4)29-21)11-16(13)19-7-8-26-22(27-19)28-20-6-5-15(24)10-18(20)25/h5-11,14,29H,12H2,1-4H3,(H,26,27,28). The maximum absolute atomic E-state index is 6.27. The summed E-state index contributed by atoms with van der Waals surface area (Å²) in [6.07, 6.45) is 2.85. The number of hydrogen-bond donors (Lipinski definition) is 2. The van der Waals surface area contributed by atoms with E-state index in [0.717, 1.165) is 23.4 Å². The highest BCUT2D eigenvalue weighted by molar-refractivity contribution is 6.36. The summed E-state index contributed by atoms with van der Waals surface area (Å²) >= 11 is 12.3. The summed E-state index contributed by atoms with van der Waals surface area (Å²) in [5.41, 5.74) is 6.54. The summed E-state index contributed by atoms with van der Waals surface area (Å²) in [5.74, 6) is 0.976. The molecule has 6 heteroatoms. The molecule has 4 rings (SSSR count). The Morgan fingerprint density at radius 3 is 2.69 bits per heavy atom. The van der Waals surface area contributed by atoms with Gasteiger partial charge < -0.3 is 10.6 Å². The number of nitrogens with zero attached hydrogens (tertiary/aromatic N) is 2. The number of rotatable bonds is 3. The Bertz CT molecular complexity index is 1080. The van der Waals surface area contributed by atoms with E-state index in [0.29, 0.717) is 21.9 Å². The van der Waals surface area contributed by atoms with Crippen LogP contribution in [0.2, 0.25) is 10.0 Å². The van der Waals surface area contributed by atoms with Gasteiger partial charge in [0.1, 0.15) is 0 Å². The fourth-order valence-corrected chi connectivity index (χ4v) is 4.54. The van der Waals surface area contributed by atoms with Gasteiger partial charge in [-0.2, -0.15) is 0 Å². The topological polar surface area (TPSA) is 49.8 Å². The predicted octanol–water partition coefficient (Wildman–Crippen LogP) is 7.20. The Morgan fingerprint density at radius 1 is 1.14 bits per heavy atom. The quantitative estimate of drug-likeness (QED) is 0.464. The van der Waals surface area contributed by atoms with E-state index in [4.69, 9.17) is 28.2 Å². The zero-order valence-corrected chi connectivity index (χ0v) is 18.5. The molecule has 1 aliphatic rings. The van der Waals surface area contributed by atoms with Crippen molar-refractivity contribution in [2.24, 2.45) is 0 Å². The Morgan fingerprint density at radius 2 is 1.93 bits per heavy atom. The van der Waals surface area contributed by atoms with E-state index in [9.17, 15) is 0 Å². The predicted molar refractivity (Wildman–Crippen MR) is 123 cm³/mol. The zero-order chi connectivity index (χ0) is 20.8. The number of halogens is 2. The average molecular weight is 427 g/mol. The maximum atomic E-state index is 6.27. The second-order valence-corrected chi connectivity index (χ2v) is 9.23. The van der Waals surface area contributed by atoms with Crippen molar-refractivity contribution in [1.82, 2.24) is 9.97 Å². The lowest BCUT2D eigenvalue weighted by atomic mass is 9.80. The van der Waals surface area contributed by atoms with Gasteiger partial charge >= 0.3 is 0 Å². The molecule has 0 spiro atoms. The summed E-state index contributed by atoms with van der Waals surface area (Å²) in [6, 6.07) is 11.7. The Kier molecular flexibility index (Phi) is 5.18. The van der Waals surface area contributed by atoms with Crippen LogP contribution in [0.1, 0.15) is 44.2 Å². The van der Waals surface area contributed by atoms with E-state index in [1.54, 1.807) is 18.3 Å². The Labute approximate surface area is 181 Å². The Balaban J connectivity index is 1.69. The molecule has 1 unspecified atom stereocenters. The minimum Gasteiger partial charge on any atom is -0.380 e. The summed E-state index contributed by atoms with van der Waals surface area (Å²) < 4.78 is 0. The van der Waals surface area contributed by atoms with Gasteiger partial charge in [-0.25, -0.2) is 9.97 Å². The van der Waals surface area contributed by atoms with Crippen LogP contribution in [0.25, 0.3) is 11.3 Å². The molecule has 0 fully saturated rings. The van der Waals surface area contributed by atoms with Crippen LogP contribution in [0, 0.1) is 6.92 Å². The van der Waals surface area contributed by atoms with Gasteiger partial charge in [0.15, 0.2) is 0 Å². The van der Waals surface area contributed by atoms with Crippen LogP contribution in [0.3, 0.4) is 0 Å². The molecule has 29 heavy (non-hydrogen) atoms. The van der Waals surface area contributed by atoms with Crippen molar-refractivity contribution in [2.75, 3.05) is 10.6 Å². The molecule has 0 aliphatic carbocycles. The molecular formula is C23H24Cl2N4. The molecule has 3 aromatic rings. The van der Waals surface area contributed by atoms with Crippen LogP contribution in [-0.4, -0.2) is 15.5 Å². The van der Waals surface area contributed by atoms with Crippen molar-refractivity contribution >= 4 is 40.5 Å². The SMILES string of the molecule is Cc1cc2c(cc1-c1ccnc(Nc3ccc(Cl)cc3Cl)n1)C(C)CC(C)(C)N2. The molecule has 2 heterocycles. The fourth-order valence-electron chi connectivity index (χ4n) is 4.09. The van der Waals surface area contributed by atoms with Crippen LogP contribution in [-0.2, 0) is 0 Å². The molecular weight excluding hydrogens is 403 g/mol. The van der Waals surface area contributed by atoms with Crippen molar-refractivity contribution in [1.29, 1.82) is 0 Å². The van der Waals surface area contributed by atoms with Crippen LogP contribution in [0.15, 0.2) is 42.6 Å². The van der Waals surface area contributed by atoms with Gasteiger partial charge in [-0.15, -0.1) is 0 Å². The average Bonchev–Trinajstić information content (AvgIpc) is 2.63. The maximum Gasteiger partial charge on any atom is 0.227 e. The van der Waals surface area contributed by atoms with E-state index >= 15 is 0 Å². The number of anilines is 3. The highest BCUT2D eigenvalue weighted by atomic mass is 35.5. The molecule has 1 atom stereocenters. The first-order chi connectivity index (χ1) is 13.7. The fraction of sp³-hybridized carbons (Fsp3) is 0.304. The van der Waals surface area contributed by atoms with Crippen LogP contribution in [0.5, 0.6) is 0 Å². The van der Waals surface area contributed by atoms with Crippen molar-refractivity contribution < 1.29 is 0 Å². The highest BCUT2D eigenvalue weighted by Crippen LogP contribution is 2.41. The molecule has 0 bridgehead atoms. The first-order valence-electron chi connectivity index (χ1n) is 9.70. The molecule has 1 aromatic heterocycles. The third-order valence-electron chi connectivity index (χ3n) is 5.33. The highest BCUT2D eigenvalue weighted by Gasteiger charge is 2.29. The first-order valence-corrected chi connectivity index (χ1v) is 10.5.